The third-order valence-corrected chi connectivity index (χ3v) is 3.04. The first kappa shape index (κ1) is 13.2. The fourth-order valence-electron chi connectivity index (χ4n) is 1.68. The van der Waals surface area contributed by atoms with E-state index in [1.807, 2.05) is 18.2 Å². The molecule has 0 amide bonds. The van der Waals surface area contributed by atoms with Gasteiger partial charge in [0.05, 0.1) is 18.4 Å². The van der Waals surface area contributed by atoms with Crippen molar-refractivity contribution in [2.45, 2.75) is 0 Å². The number of halogens is 1. The lowest BCUT2D eigenvalue weighted by atomic mass is 10.2. The molecule has 0 aliphatic heterocycles. The van der Waals surface area contributed by atoms with E-state index in [2.05, 4.69) is 27.3 Å². The van der Waals surface area contributed by atoms with Crippen molar-refractivity contribution >= 4 is 33.0 Å². The van der Waals surface area contributed by atoms with Crippen molar-refractivity contribution < 1.29 is 4.74 Å². The average molecular weight is 318 g/mol. The van der Waals surface area contributed by atoms with Crippen molar-refractivity contribution in [3.8, 4) is 11.8 Å². The monoisotopic (exact) mass is 317 g/mol. The van der Waals surface area contributed by atoms with Gasteiger partial charge in [0.15, 0.2) is 0 Å². The minimum absolute atomic E-state index is 0.560. The molecule has 0 saturated carbocycles. The van der Waals surface area contributed by atoms with Gasteiger partial charge in [0.2, 0.25) is 0 Å². The van der Waals surface area contributed by atoms with E-state index in [9.17, 15) is 0 Å². The zero-order valence-corrected chi connectivity index (χ0v) is 11.9. The number of nitrogens with zero attached hydrogens (tertiary/aromatic N) is 1. The molecule has 0 aliphatic rings. The van der Waals surface area contributed by atoms with Gasteiger partial charge in [-0.05, 0) is 24.3 Å². The largest absolute Gasteiger partial charge is 0.497 e. The highest BCUT2D eigenvalue weighted by atomic mass is 79.9. The molecule has 0 fully saturated rings. The summed E-state index contributed by atoms with van der Waals surface area (Å²) in [6.07, 6.45) is 0. The van der Waals surface area contributed by atoms with Gasteiger partial charge in [-0.25, -0.2) is 0 Å². The molecule has 0 aromatic heterocycles. The van der Waals surface area contributed by atoms with Crippen LogP contribution in [0.25, 0.3) is 0 Å². The molecule has 19 heavy (non-hydrogen) atoms. The molecule has 0 radical (unpaired) electrons. The summed E-state index contributed by atoms with van der Waals surface area (Å²) in [5.74, 6) is 0.663. The molecule has 0 aliphatic carbocycles. The second-order valence-electron chi connectivity index (χ2n) is 3.92. The SMILES string of the molecule is COc1cc(N)cc(Nc2cc(Br)ccc2C#N)c1. The highest BCUT2D eigenvalue weighted by Gasteiger charge is 2.05. The Morgan fingerprint density at radius 2 is 2.05 bits per heavy atom. The van der Waals surface area contributed by atoms with Crippen LogP contribution in [0.15, 0.2) is 40.9 Å². The molecule has 2 rings (SSSR count). The van der Waals surface area contributed by atoms with Gasteiger partial charge in [0.1, 0.15) is 11.8 Å². The number of rotatable bonds is 3. The topological polar surface area (TPSA) is 71.1 Å². The summed E-state index contributed by atoms with van der Waals surface area (Å²) < 4.78 is 6.05. The van der Waals surface area contributed by atoms with Crippen molar-refractivity contribution in [2.75, 3.05) is 18.2 Å². The second-order valence-corrected chi connectivity index (χ2v) is 4.84. The minimum Gasteiger partial charge on any atom is -0.497 e. The van der Waals surface area contributed by atoms with E-state index in [-0.39, 0.29) is 0 Å². The maximum absolute atomic E-state index is 9.09. The highest BCUT2D eigenvalue weighted by Crippen LogP contribution is 2.28. The lowest BCUT2D eigenvalue weighted by Crippen LogP contribution is -1.96. The molecule has 0 unspecified atom stereocenters. The number of hydrogen-bond donors (Lipinski definition) is 2. The summed E-state index contributed by atoms with van der Waals surface area (Å²) in [6.45, 7) is 0. The van der Waals surface area contributed by atoms with Crippen LogP contribution < -0.4 is 15.8 Å². The Balaban J connectivity index is 2.38. The molecule has 96 valence electrons. The lowest BCUT2D eigenvalue weighted by Gasteiger charge is -2.11. The lowest BCUT2D eigenvalue weighted by molar-refractivity contribution is 0.415. The quantitative estimate of drug-likeness (QED) is 0.847. The first-order valence-electron chi connectivity index (χ1n) is 5.53. The maximum atomic E-state index is 9.09. The minimum atomic E-state index is 0.560. The summed E-state index contributed by atoms with van der Waals surface area (Å²) >= 11 is 3.38. The van der Waals surface area contributed by atoms with Crippen molar-refractivity contribution in [3.63, 3.8) is 0 Å². The molecule has 0 spiro atoms. The van der Waals surface area contributed by atoms with Crippen molar-refractivity contribution in [1.82, 2.24) is 0 Å². The van der Waals surface area contributed by atoms with Crippen molar-refractivity contribution in [2.24, 2.45) is 0 Å². The van der Waals surface area contributed by atoms with E-state index >= 15 is 0 Å². The van der Waals surface area contributed by atoms with Gasteiger partial charge in [-0.2, -0.15) is 5.26 Å². The smallest absolute Gasteiger partial charge is 0.122 e. The Bertz CT molecular complexity index is 650. The predicted molar refractivity (Wildman–Crippen MR) is 79.5 cm³/mol. The van der Waals surface area contributed by atoms with E-state index in [1.165, 1.54) is 0 Å². The number of nitrogen functional groups attached to an aromatic ring is 1. The number of nitrogens with one attached hydrogen (secondary N) is 1. The third kappa shape index (κ3) is 3.18. The number of benzene rings is 2. The zero-order valence-electron chi connectivity index (χ0n) is 10.3. The van der Waals surface area contributed by atoms with Crippen molar-refractivity contribution in [1.29, 1.82) is 5.26 Å². The van der Waals surface area contributed by atoms with Gasteiger partial charge >= 0.3 is 0 Å². The molecule has 2 aromatic carbocycles. The van der Waals surface area contributed by atoms with Crippen LogP contribution in [0.4, 0.5) is 17.1 Å². The first-order chi connectivity index (χ1) is 9.12. The Hall–Kier alpha value is -2.19. The molecule has 0 bridgehead atoms. The van der Waals surface area contributed by atoms with Crippen LogP contribution in [0.1, 0.15) is 5.56 Å². The number of anilines is 3. The van der Waals surface area contributed by atoms with Crippen LogP contribution >= 0.6 is 15.9 Å². The van der Waals surface area contributed by atoms with Crippen LogP contribution in [-0.4, -0.2) is 7.11 Å². The number of nitrogens with two attached hydrogens (primary N) is 1. The van der Waals surface area contributed by atoms with Gasteiger partial charge in [-0.3, -0.25) is 0 Å². The number of ether oxygens (including phenoxy) is 1. The highest BCUT2D eigenvalue weighted by molar-refractivity contribution is 9.10. The predicted octanol–water partition coefficient (Wildman–Crippen LogP) is 3.66. The first-order valence-corrected chi connectivity index (χ1v) is 6.33. The van der Waals surface area contributed by atoms with Crippen LogP contribution in [-0.2, 0) is 0 Å². The van der Waals surface area contributed by atoms with Crippen LogP contribution in [0.5, 0.6) is 5.75 Å². The number of hydrogen-bond acceptors (Lipinski definition) is 4. The van der Waals surface area contributed by atoms with Crippen molar-refractivity contribution in [3.05, 3.63) is 46.4 Å². The van der Waals surface area contributed by atoms with Gasteiger partial charge in [0.25, 0.3) is 0 Å². The summed E-state index contributed by atoms with van der Waals surface area (Å²) in [7, 11) is 1.58. The second kappa shape index (κ2) is 5.63. The van der Waals surface area contributed by atoms with Gasteiger partial charge < -0.3 is 15.8 Å². The Labute approximate surface area is 119 Å². The Morgan fingerprint density at radius 3 is 2.74 bits per heavy atom. The normalized spacial score (nSPS) is 9.74. The molecule has 4 nitrogen and oxygen atoms in total. The molecule has 2 aromatic rings. The summed E-state index contributed by atoms with van der Waals surface area (Å²) in [5.41, 5.74) is 8.43. The van der Waals surface area contributed by atoms with Gasteiger partial charge in [0, 0.05) is 28.0 Å². The molecule has 0 heterocycles. The molecular formula is C14H12BrN3O. The van der Waals surface area contributed by atoms with E-state index in [0.29, 0.717) is 22.7 Å². The Kier molecular flexibility index (Phi) is 3.93. The molecular weight excluding hydrogens is 306 g/mol. The molecule has 0 atom stereocenters. The number of methoxy groups -OCH3 is 1. The van der Waals surface area contributed by atoms with Gasteiger partial charge in [-0.1, -0.05) is 15.9 Å². The maximum Gasteiger partial charge on any atom is 0.122 e. The standard InChI is InChI=1S/C14H12BrN3O/c1-19-13-6-11(17)5-12(7-13)18-14-4-10(15)3-2-9(14)8-16/h2-7,18H,17H2,1H3. The fraction of sp³-hybridized carbons (Fsp3) is 0.0714. The molecule has 5 heteroatoms. The molecule has 0 saturated heterocycles. The fourth-order valence-corrected chi connectivity index (χ4v) is 2.05. The summed E-state index contributed by atoms with van der Waals surface area (Å²) in [4.78, 5) is 0. The van der Waals surface area contributed by atoms with Gasteiger partial charge in [-0.15, -0.1) is 0 Å². The van der Waals surface area contributed by atoms with Crippen LogP contribution in [0.2, 0.25) is 0 Å². The number of nitriles is 1. The van der Waals surface area contributed by atoms with E-state index < -0.39 is 0 Å². The van der Waals surface area contributed by atoms with Crippen LogP contribution in [0.3, 0.4) is 0 Å². The Morgan fingerprint density at radius 1 is 1.26 bits per heavy atom. The van der Waals surface area contributed by atoms with E-state index in [4.69, 9.17) is 15.7 Å². The zero-order chi connectivity index (χ0) is 13.8. The third-order valence-electron chi connectivity index (χ3n) is 2.55. The summed E-state index contributed by atoms with van der Waals surface area (Å²) in [6, 6.07) is 12.9. The molecule has 3 N–H and O–H groups in total. The van der Waals surface area contributed by atoms with E-state index in [0.717, 1.165) is 10.2 Å². The summed E-state index contributed by atoms with van der Waals surface area (Å²) in [5, 5.41) is 12.3. The average Bonchev–Trinajstić information content (AvgIpc) is 2.38. The van der Waals surface area contributed by atoms with E-state index in [1.54, 1.807) is 25.3 Å². The van der Waals surface area contributed by atoms with Crippen LogP contribution in [0, 0.1) is 11.3 Å².